The Morgan fingerprint density at radius 2 is 1.52 bits per heavy atom. The van der Waals surface area contributed by atoms with Crippen molar-refractivity contribution in [3.05, 3.63) is 77.4 Å². The molecule has 2 aromatic rings. The molecule has 2 aromatic carbocycles. The summed E-state index contributed by atoms with van der Waals surface area (Å²) < 4.78 is 5.55. The lowest BCUT2D eigenvalue weighted by Crippen LogP contribution is -2.25. The zero-order chi connectivity index (χ0) is 16.7. The summed E-state index contributed by atoms with van der Waals surface area (Å²) in [6.45, 7) is 5.67. The van der Waals surface area contributed by atoms with E-state index < -0.39 is 5.60 Å². The molecule has 0 fully saturated rings. The summed E-state index contributed by atoms with van der Waals surface area (Å²) in [6, 6.07) is 20.1. The molecule has 0 saturated heterocycles. The van der Waals surface area contributed by atoms with Crippen LogP contribution >= 0.6 is 0 Å². The second-order valence-electron chi connectivity index (χ2n) is 6.57. The molecular weight excluding hydrogens is 284 g/mol. The molecule has 0 saturated carbocycles. The van der Waals surface area contributed by atoms with Gasteiger partial charge in [-0.2, -0.15) is 0 Å². The Balaban J connectivity index is 2.17. The van der Waals surface area contributed by atoms with Crippen LogP contribution in [0, 0.1) is 0 Å². The van der Waals surface area contributed by atoms with Crippen LogP contribution in [0.5, 0.6) is 0 Å². The maximum Gasteiger partial charge on any atom is 0.334 e. The van der Waals surface area contributed by atoms with Gasteiger partial charge in [0.05, 0.1) is 0 Å². The van der Waals surface area contributed by atoms with Crippen LogP contribution in [-0.4, -0.2) is 11.6 Å². The van der Waals surface area contributed by atoms with E-state index in [2.05, 4.69) is 12.1 Å². The van der Waals surface area contributed by atoms with Gasteiger partial charge < -0.3 is 4.74 Å². The van der Waals surface area contributed by atoms with Crippen molar-refractivity contribution in [2.45, 2.75) is 39.2 Å². The van der Waals surface area contributed by atoms with Crippen LogP contribution in [0.3, 0.4) is 0 Å². The van der Waals surface area contributed by atoms with Gasteiger partial charge >= 0.3 is 5.97 Å². The highest BCUT2D eigenvalue weighted by molar-refractivity contribution is 5.93. The summed E-state index contributed by atoms with van der Waals surface area (Å²) >= 11 is 0. The van der Waals surface area contributed by atoms with Gasteiger partial charge in [-0.05, 0) is 50.8 Å². The van der Waals surface area contributed by atoms with Gasteiger partial charge in [0.25, 0.3) is 0 Å². The van der Waals surface area contributed by atoms with Crippen LogP contribution in [0.2, 0.25) is 0 Å². The van der Waals surface area contributed by atoms with Crippen molar-refractivity contribution in [3.8, 4) is 0 Å². The molecule has 0 amide bonds. The highest BCUT2D eigenvalue weighted by atomic mass is 16.6. The van der Waals surface area contributed by atoms with E-state index in [-0.39, 0.29) is 5.97 Å². The fourth-order valence-electron chi connectivity index (χ4n) is 2.25. The molecular formula is C21H24O2. The van der Waals surface area contributed by atoms with Gasteiger partial charge in [0.2, 0.25) is 0 Å². The molecule has 0 radical (unpaired) electrons. The zero-order valence-corrected chi connectivity index (χ0v) is 14.1. The average Bonchev–Trinajstić information content (AvgIpc) is 2.51. The standard InChI is InChI=1S/C21H24O2/c1-21(2,3)23-20(22)19(16-18-12-8-5-9-13-18)15-14-17-10-6-4-7-11-17/h4-13,16H,14-15H2,1-3H3. The molecule has 120 valence electrons. The fraction of sp³-hybridized carbons (Fsp3) is 0.286. The van der Waals surface area contributed by atoms with E-state index >= 15 is 0 Å². The van der Waals surface area contributed by atoms with Crippen LogP contribution < -0.4 is 0 Å². The summed E-state index contributed by atoms with van der Waals surface area (Å²) in [7, 11) is 0. The number of ether oxygens (including phenoxy) is 1. The number of benzene rings is 2. The van der Waals surface area contributed by atoms with Gasteiger partial charge in [0, 0.05) is 5.57 Å². The number of hydrogen-bond donors (Lipinski definition) is 0. The number of carbonyl (C=O) groups excluding carboxylic acids is 1. The third-order valence-electron chi connectivity index (χ3n) is 3.33. The lowest BCUT2D eigenvalue weighted by atomic mass is 10.0. The van der Waals surface area contributed by atoms with E-state index in [9.17, 15) is 4.79 Å². The molecule has 0 aromatic heterocycles. The Kier molecular flexibility index (Phi) is 5.75. The maximum atomic E-state index is 12.5. The monoisotopic (exact) mass is 308 g/mol. The summed E-state index contributed by atoms with van der Waals surface area (Å²) in [5.41, 5.74) is 2.45. The minimum Gasteiger partial charge on any atom is -0.457 e. The molecule has 0 spiro atoms. The first-order valence-corrected chi connectivity index (χ1v) is 7.97. The SMILES string of the molecule is CC(C)(C)OC(=O)C(=Cc1ccccc1)CCc1ccccc1. The molecule has 0 aliphatic carbocycles. The first kappa shape index (κ1) is 17.0. The molecule has 0 heterocycles. The van der Waals surface area contributed by atoms with Crippen LogP contribution in [-0.2, 0) is 16.0 Å². The minimum absolute atomic E-state index is 0.239. The molecule has 23 heavy (non-hydrogen) atoms. The van der Waals surface area contributed by atoms with Gasteiger partial charge in [-0.25, -0.2) is 4.79 Å². The smallest absolute Gasteiger partial charge is 0.334 e. The van der Waals surface area contributed by atoms with Gasteiger partial charge in [0.1, 0.15) is 5.60 Å². The summed E-state index contributed by atoms with van der Waals surface area (Å²) in [5.74, 6) is -0.239. The van der Waals surface area contributed by atoms with Crippen LogP contribution in [0.25, 0.3) is 6.08 Å². The maximum absolute atomic E-state index is 12.5. The zero-order valence-electron chi connectivity index (χ0n) is 14.1. The van der Waals surface area contributed by atoms with Crippen LogP contribution in [0.4, 0.5) is 0 Å². The molecule has 0 N–H and O–H groups in total. The van der Waals surface area contributed by atoms with E-state index in [1.807, 2.05) is 75.4 Å². The predicted octanol–water partition coefficient (Wildman–Crippen LogP) is 5.04. The molecule has 2 heteroatoms. The van der Waals surface area contributed by atoms with Crippen molar-refractivity contribution in [1.82, 2.24) is 0 Å². The second-order valence-corrected chi connectivity index (χ2v) is 6.57. The van der Waals surface area contributed by atoms with E-state index in [1.54, 1.807) is 0 Å². The molecule has 2 nitrogen and oxygen atoms in total. The van der Waals surface area contributed by atoms with E-state index in [4.69, 9.17) is 4.74 Å². The number of esters is 1. The van der Waals surface area contributed by atoms with Crippen molar-refractivity contribution in [1.29, 1.82) is 0 Å². The number of carbonyl (C=O) groups is 1. The number of hydrogen-bond acceptors (Lipinski definition) is 2. The normalized spacial score (nSPS) is 12.0. The Morgan fingerprint density at radius 3 is 2.09 bits per heavy atom. The average molecular weight is 308 g/mol. The quantitative estimate of drug-likeness (QED) is 0.571. The Hall–Kier alpha value is -2.35. The Labute approximate surface area is 138 Å². The Morgan fingerprint density at radius 1 is 0.957 bits per heavy atom. The highest BCUT2D eigenvalue weighted by Crippen LogP contribution is 2.18. The predicted molar refractivity (Wildman–Crippen MR) is 95.0 cm³/mol. The first-order valence-electron chi connectivity index (χ1n) is 7.97. The summed E-state index contributed by atoms with van der Waals surface area (Å²) in [6.07, 6.45) is 3.41. The second kappa shape index (κ2) is 7.77. The van der Waals surface area contributed by atoms with Gasteiger partial charge in [-0.3, -0.25) is 0 Å². The molecule has 0 aliphatic heterocycles. The first-order chi connectivity index (χ1) is 10.9. The fourth-order valence-corrected chi connectivity index (χ4v) is 2.25. The van der Waals surface area contributed by atoms with Gasteiger partial charge in [-0.1, -0.05) is 60.7 Å². The largest absolute Gasteiger partial charge is 0.457 e. The molecule has 0 bridgehead atoms. The van der Waals surface area contributed by atoms with E-state index in [0.29, 0.717) is 12.0 Å². The van der Waals surface area contributed by atoms with E-state index in [0.717, 1.165) is 12.0 Å². The topological polar surface area (TPSA) is 26.3 Å². The van der Waals surface area contributed by atoms with E-state index in [1.165, 1.54) is 5.56 Å². The third kappa shape index (κ3) is 6.11. The lowest BCUT2D eigenvalue weighted by Gasteiger charge is -2.20. The summed E-state index contributed by atoms with van der Waals surface area (Å²) in [5, 5.41) is 0. The molecule has 0 aliphatic rings. The van der Waals surface area contributed by atoms with Crippen molar-refractivity contribution < 1.29 is 9.53 Å². The van der Waals surface area contributed by atoms with Crippen molar-refractivity contribution >= 4 is 12.0 Å². The van der Waals surface area contributed by atoms with Gasteiger partial charge in [-0.15, -0.1) is 0 Å². The summed E-state index contributed by atoms with van der Waals surface area (Å²) in [4.78, 5) is 12.5. The van der Waals surface area contributed by atoms with Crippen LogP contribution in [0.15, 0.2) is 66.2 Å². The third-order valence-corrected chi connectivity index (χ3v) is 3.33. The van der Waals surface area contributed by atoms with Crippen molar-refractivity contribution in [2.24, 2.45) is 0 Å². The van der Waals surface area contributed by atoms with Crippen LogP contribution in [0.1, 0.15) is 38.3 Å². The van der Waals surface area contributed by atoms with Crippen molar-refractivity contribution in [2.75, 3.05) is 0 Å². The minimum atomic E-state index is -0.486. The van der Waals surface area contributed by atoms with Gasteiger partial charge in [0.15, 0.2) is 0 Å². The molecule has 0 unspecified atom stereocenters. The molecule has 2 rings (SSSR count). The van der Waals surface area contributed by atoms with Crippen molar-refractivity contribution in [3.63, 3.8) is 0 Å². The highest BCUT2D eigenvalue weighted by Gasteiger charge is 2.19. The Bertz CT molecular complexity index is 649. The number of aryl methyl sites for hydroxylation is 1. The lowest BCUT2D eigenvalue weighted by molar-refractivity contribution is -0.149. The number of rotatable bonds is 5. The molecule has 0 atom stereocenters.